The Kier molecular flexibility index (Phi) is 1.79. The molecule has 2 rings (SSSR count). The van der Waals surface area contributed by atoms with Crippen LogP contribution < -0.4 is 0 Å². The number of amides is 1. The molecule has 0 atom stereocenters. The third-order valence-electron chi connectivity index (χ3n) is 2.28. The van der Waals surface area contributed by atoms with E-state index in [1.54, 1.807) is 6.34 Å². The molecule has 0 spiro atoms. The first-order chi connectivity index (χ1) is 6.18. The van der Waals surface area contributed by atoms with Crippen molar-refractivity contribution in [1.82, 2.24) is 4.90 Å². The first-order valence-corrected chi connectivity index (χ1v) is 4.43. The maximum Gasteiger partial charge on any atom is 0.229 e. The number of aliphatic imine (C=N–C) groups is 1. The minimum Gasteiger partial charge on any atom is -0.274 e. The van der Waals surface area contributed by atoms with Crippen LogP contribution in [0.5, 0.6) is 0 Å². The van der Waals surface area contributed by atoms with Crippen molar-refractivity contribution >= 4 is 12.2 Å². The molecule has 1 fully saturated rings. The molecule has 0 aromatic carbocycles. The second-order valence-corrected chi connectivity index (χ2v) is 3.47. The maximum absolute atomic E-state index is 11.0. The lowest BCUT2D eigenvalue weighted by molar-refractivity contribution is -0.123. The number of nitrogens with zero attached hydrogens (tertiary/aromatic N) is 2. The van der Waals surface area contributed by atoms with Crippen LogP contribution in [-0.4, -0.2) is 17.1 Å². The molecule has 68 valence electrons. The van der Waals surface area contributed by atoms with E-state index in [1.165, 1.54) is 24.7 Å². The summed E-state index contributed by atoms with van der Waals surface area (Å²) in [6, 6.07) is 0. The first kappa shape index (κ1) is 8.23. The van der Waals surface area contributed by atoms with E-state index in [1.807, 2.05) is 6.08 Å². The van der Waals surface area contributed by atoms with Crippen molar-refractivity contribution in [3.63, 3.8) is 0 Å². The average molecular weight is 176 g/mol. The highest BCUT2D eigenvalue weighted by molar-refractivity contribution is 5.89. The van der Waals surface area contributed by atoms with Gasteiger partial charge in [-0.1, -0.05) is 6.58 Å². The van der Waals surface area contributed by atoms with E-state index >= 15 is 0 Å². The predicted octanol–water partition coefficient (Wildman–Crippen LogP) is 1.68. The zero-order chi connectivity index (χ0) is 9.42. The van der Waals surface area contributed by atoms with Crippen molar-refractivity contribution in [1.29, 1.82) is 0 Å². The summed E-state index contributed by atoms with van der Waals surface area (Å²) in [5.41, 5.74) is 1.80. The van der Waals surface area contributed by atoms with Crippen LogP contribution >= 0.6 is 0 Å². The Morgan fingerprint density at radius 2 is 2.38 bits per heavy atom. The fourth-order valence-electron chi connectivity index (χ4n) is 1.36. The number of rotatable bonds is 1. The van der Waals surface area contributed by atoms with Gasteiger partial charge in [-0.3, -0.25) is 9.69 Å². The lowest BCUT2D eigenvalue weighted by atomic mass is 10.2. The molecular weight excluding hydrogens is 164 g/mol. The Bertz CT molecular complexity index is 324. The highest BCUT2D eigenvalue weighted by Crippen LogP contribution is 2.38. The van der Waals surface area contributed by atoms with Crippen LogP contribution in [0.15, 0.2) is 29.0 Å². The topological polar surface area (TPSA) is 32.7 Å². The Morgan fingerprint density at radius 1 is 1.69 bits per heavy atom. The molecule has 0 aromatic heterocycles. The molecule has 0 saturated heterocycles. The summed E-state index contributed by atoms with van der Waals surface area (Å²) in [7, 11) is 0. The number of hydrogen-bond acceptors (Lipinski definition) is 2. The highest BCUT2D eigenvalue weighted by atomic mass is 16.2. The predicted molar refractivity (Wildman–Crippen MR) is 51.0 cm³/mol. The van der Waals surface area contributed by atoms with Gasteiger partial charge in [0.25, 0.3) is 0 Å². The normalized spacial score (nSPS) is 21.8. The number of carbonyl (C=O) groups excluding carboxylic acids is 1. The largest absolute Gasteiger partial charge is 0.274 e. The standard InChI is InChI=1S/C10H12N2O/c1-7-5-10(9-3-4-9)11-6-12(7)8(2)13/h5-6,9H,1,3-4H2,2H3. The van der Waals surface area contributed by atoms with Gasteiger partial charge in [0, 0.05) is 24.2 Å². The van der Waals surface area contributed by atoms with Gasteiger partial charge in [0.2, 0.25) is 5.91 Å². The first-order valence-electron chi connectivity index (χ1n) is 4.43. The second-order valence-electron chi connectivity index (χ2n) is 3.47. The minimum atomic E-state index is -0.0418. The SMILES string of the molecule is C=C1C=C(C2CC2)N=CN1C(C)=O. The van der Waals surface area contributed by atoms with E-state index in [-0.39, 0.29) is 5.91 Å². The van der Waals surface area contributed by atoms with Crippen molar-refractivity contribution in [3.8, 4) is 0 Å². The van der Waals surface area contributed by atoms with E-state index in [2.05, 4.69) is 11.6 Å². The molecule has 0 N–H and O–H groups in total. The molecule has 1 saturated carbocycles. The molecule has 0 aromatic rings. The quantitative estimate of drug-likeness (QED) is 0.598. The molecule has 1 amide bonds. The summed E-state index contributed by atoms with van der Waals surface area (Å²) in [6.07, 6.45) is 5.91. The molecule has 3 nitrogen and oxygen atoms in total. The van der Waals surface area contributed by atoms with Gasteiger partial charge in [-0.15, -0.1) is 0 Å². The number of carbonyl (C=O) groups is 1. The van der Waals surface area contributed by atoms with Crippen molar-refractivity contribution in [3.05, 3.63) is 24.0 Å². The molecule has 3 heteroatoms. The third kappa shape index (κ3) is 1.54. The average Bonchev–Trinajstić information content (AvgIpc) is 2.85. The van der Waals surface area contributed by atoms with E-state index in [0.29, 0.717) is 5.92 Å². The molecule has 0 bridgehead atoms. The Labute approximate surface area is 77.4 Å². The Morgan fingerprint density at radius 3 is 2.85 bits per heavy atom. The van der Waals surface area contributed by atoms with Gasteiger partial charge in [0.1, 0.15) is 6.34 Å². The fraction of sp³-hybridized carbons (Fsp3) is 0.400. The smallest absolute Gasteiger partial charge is 0.229 e. The van der Waals surface area contributed by atoms with E-state index in [9.17, 15) is 4.79 Å². The molecule has 0 radical (unpaired) electrons. The maximum atomic E-state index is 11.0. The summed E-state index contributed by atoms with van der Waals surface area (Å²) >= 11 is 0. The number of hydrogen-bond donors (Lipinski definition) is 0. The molecular formula is C10H12N2O. The minimum absolute atomic E-state index is 0.0418. The molecule has 1 aliphatic carbocycles. The van der Waals surface area contributed by atoms with Crippen molar-refractivity contribution in [2.24, 2.45) is 10.9 Å². The zero-order valence-electron chi connectivity index (χ0n) is 7.66. The lowest BCUT2D eigenvalue weighted by Crippen LogP contribution is -2.27. The Balaban J connectivity index is 2.16. The van der Waals surface area contributed by atoms with Crippen LogP contribution in [0, 0.1) is 5.92 Å². The molecule has 2 aliphatic rings. The summed E-state index contributed by atoms with van der Waals surface area (Å²) < 4.78 is 0. The van der Waals surface area contributed by atoms with Crippen LogP contribution in [-0.2, 0) is 4.79 Å². The van der Waals surface area contributed by atoms with Gasteiger partial charge in [-0.05, 0) is 18.9 Å². The van der Waals surface area contributed by atoms with Gasteiger partial charge in [0.05, 0.1) is 0 Å². The van der Waals surface area contributed by atoms with Crippen LogP contribution in [0.3, 0.4) is 0 Å². The monoisotopic (exact) mass is 176 g/mol. The van der Waals surface area contributed by atoms with Gasteiger partial charge in [0.15, 0.2) is 0 Å². The van der Waals surface area contributed by atoms with Crippen LogP contribution in [0.25, 0.3) is 0 Å². The number of allylic oxidation sites excluding steroid dienone is 2. The van der Waals surface area contributed by atoms with E-state index in [0.717, 1.165) is 11.4 Å². The van der Waals surface area contributed by atoms with Gasteiger partial charge in [-0.2, -0.15) is 0 Å². The molecule has 0 unspecified atom stereocenters. The Hall–Kier alpha value is -1.38. The van der Waals surface area contributed by atoms with Gasteiger partial charge < -0.3 is 0 Å². The van der Waals surface area contributed by atoms with Crippen molar-refractivity contribution in [2.75, 3.05) is 0 Å². The fourth-order valence-corrected chi connectivity index (χ4v) is 1.36. The van der Waals surface area contributed by atoms with Gasteiger partial charge in [-0.25, -0.2) is 4.99 Å². The van der Waals surface area contributed by atoms with Gasteiger partial charge >= 0.3 is 0 Å². The lowest BCUT2D eigenvalue weighted by Gasteiger charge is -2.20. The third-order valence-corrected chi connectivity index (χ3v) is 2.28. The van der Waals surface area contributed by atoms with E-state index < -0.39 is 0 Å². The van der Waals surface area contributed by atoms with Crippen LogP contribution in [0.2, 0.25) is 0 Å². The molecule has 1 heterocycles. The molecule has 13 heavy (non-hydrogen) atoms. The van der Waals surface area contributed by atoms with E-state index in [4.69, 9.17) is 0 Å². The van der Waals surface area contributed by atoms with Crippen molar-refractivity contribution in [2.45, 2.75) is 19.8 Å². The summed E-state index contributed by atoms with van der Waals surface area (Å²) in [5.74, 6) is 0.571. The summed E-state index contributed by atoms with van der Waals surface area (Å²) in [6.45, 7) is 5.32. The second kappa shape index (κ2) is 2.83. The zero-order valence-corrected chi connectivity index (χ0v) is 7.66. The summed E-state index contributed by atoms with van der Waals surface area (Å²) in [4.78, 5) is 16.7. The summed E-state index contributed by atoms with van der Waals surface area (Å²) in [5, 5.41) is 0. The molecule has 1 aliphatic heterocycles. The highest BCUT2D eigenvalue weighted by Gasteiger charge is 2.28. The van der Waals surface area contributed by atoms with Crippen LogP contribution in [0.1, 0.15) is 19.8 Å². The van der Waals surface area contributed by atoms with Crippen molar-refractivity contribution < 1.29 is 4.79 Å². The van der Waals surface area contributed by atoms with Crippen LogP contribution in [0.4, 0.5) is 0 Å².